The maximum atomic E-state index is 13.4. The minimum atomic E-state index is -0.342. The number of hydrogen-bond donors (Lipinski definition) is 2. The average Bonchev–Trinajstić information content (AvgIpc) is 3.43. The van der Waals surface area contributed by atoms with E-state index in [0.717, 1.165) is 22.4 Å². The Balaban J connectivity index is 1.47. The first-order chi connectivity index (χ1) is 17.2. The Bertz CT molecular complexity index is 1300. The van der Waals surface area contributed by atoms with Crippen molar-refractivity contribution < 1.29 is 19.4 Å². The zero-order valence-electron chi connectivity index (χ0n) is 19.5. The van der Waals surface area contributed by atoms with Gasteiger partial charge in [0.2, 0.25) is 0 Å². The fourth-order valence-corrected chi connectivity index (χ4v) is 4.52. The van der Waals surface area contributed by atoms with Crippen LogP contribution in [0.15, 0.2) is 78.9 Å². The smallest absolute Gasteiger partial charge is 0.273 e. The van der Waals surface area contributed by atoms with Crippen LogP contribution in [0.25, 0.3) is 11.3 Å². The van der Waals surface area contributed by atoms with Crippen molar-refractivity contribution in [3.8, 4) is 22.8 Å². The Morgan fingerprint density at radius 3 is 2.49 bits per heavy atom. The van der Waals surface area contributed by atoms with Gasteiger partial charge in [0.05, 0.1) is 6.04 Å². The van der Waals surface area contributed by atoms with Crippen molar-refractivity contribution in [3.63, 3.8) is 0 Å². The van der Waals surface area contributed by atoms with Crippen molar-refractivity contribution in [2.75, 3.05) is 20.3 Å². The van der Waals surface area contributed by atoms with E-state index in [0.29, 0.717) is 43.1 Å². The molecule has 1 aromatic heterocycles. The summed E-state index contributed by atoms with van der Waals surface area (Å²) in [5.41, 5.74) is 4.43. The predicted molar refractivity (Wildman–Crippen MR) is 132 cm³/mol. The second-order valence-corrected chi connectivity index (χ2v) is 8.47. The molecular formula is C28H27N3O4. The second kappa shape index (κ2) is 10.0. The molecule has 0 saturated heterocycles. The predicted octanol–water partition coefficient (Wildman–Crippen LogP) is 4.94. The molecule has 7 nitrogen and oxygen atoms in total. The molecule has 3 aromatic carbocycles. The summed E-state index contributed by atoms with van der Waals surface area (Å²) in [6.45, 7) is 1.57. The first-order valence-corrected chi connectivity index (χ1v) is 11.6. The number of nitrogens with zero attached hydrogens (tertiary/aromatic N) is 2. The number of aromatic hydroxyl groups is 1. The summed E-state index contributed by atoms with van der Waals surface area (Å²) in [7, 11) is 1.65. The first kappa shape index (κ1) is 22.7. The quantitative estimate of drug-likeness (QED) is 0.339. The molecule has 5 rings (SSSR count). The minimum Gasteiger partial charge on any atom is -0.507 e. The van der Waals surface area contributed by atoms with Crippen LogP contribution >= 0.6 is 0 Å². The number of nitrogens with one attached hydrogen (secondary N) is 1. The number of benzene rings is 3. The largest absolute Gasteiger partial charge is 0.507 e. The van der Waals surface area contributed by atoms with Crippen LogP contribution in [0.2, 0.25) is 0 Å². The fraction of sp³-hybridized carbons (Fsp3) is 0.214. The number of ether oxygens (including phenoxy) is 2. The van der Waals surface area contributed by atoms with Gasteiger partial charge < -0.3 is 19.5 Å². The summed E-state index contributed by atoms with van der Waals surface area (Å²) >= 11 is 0. The number of para-hydroxylation sites is 1. The Morgan fingerprint density at radius 2 is 1.74 bits per heavy atom. The number of methoxy groups -OCH3 is 1. The molecule has 2 heterocycles. The number of phenols is 1. The van der Waals surface area contributed by atoms with Gasteiger partial charge in [0, 0.05) is 31.4 Å². The van der Waals surface area contributed by atoms with Crippen molar-refractivity contribution in [1.82, 2.24) is 15.1 Å². The van der Waals surface area contributed by atoms with Crippen LogP contribution in [-0.2, 0) is 11.3 Å². The highest BCUT2D eigenvalue weighted by atomic mass is 16.5. The van der Waals surface area contributed by atoms with Crippen molar-refractivity contribution in [2.24, 2.45) is 0 Å². The maximum Gasteiger partial charge on any atom is 0.273 e. The molecule has 4 aromatic rings. The molecule has 2 N–H and O–H groups in total. The fourth-order valence-electron chi connectivity index (χ4n) is 4.52. The van der Waals surface area contributed by atoms with Gasteiger partial charge in [-0.3, -0.25) is 9.89 Å². The van der Waals surface area contributed by atoms with Gasteiger partial charge in [0.15, 0.2) is 0 Å². The minimum absolute atomic E-state index is 0.111. The zero-order chi connectivity index (χ0) is 24.2. The van der Waals surface area contributed by atoms with E-state index in [4.69, 9.17) is 9.47 Å². The van der Waals surface area contributed by atoms with E-state index >= 15 is 0 Å². The van der Waals surface area contributed by atoms with Crippen LogP contribution in [0.1, 0.15) is 39.6 Å². The van der Waals surface area contributed by atoms with Crippen LogP contribution in [0.4, 0.5) is 0 Å². The normalized spacial score (nSPS) is 14.8. The highest BCUT2D eigenvalue weighted by Crippen LogP contribution is 2.44. The van der Waals surface area contributed by atoms with Crippen molar-refractivity contribution in [1.29, 1.82) is 0 Å². The third-order valence-corrected chi connectivity index (χ3v) is 6.21. The molecule has 1 aliphatic rings. The van der Waals surface area contributed by atoms with E-state index < -0.39 is 0 Å². The Hall–Kier alpha value is -4.10. The summed E-state index contributed by atoms with van der Waals surface area (Å²) in [5, 5.41) is 17.8. The van der Waals surface area contributed by atoms with Crippen LogP contribution in [0.3, 0.4) is 0 Å². The first-order valence-electron chi connectivity index (χ1n) is 11.6. The molecule has 0 saturated carbocycles. The molecule has 0 unspecified atom stereocenters. The van der Waals surface area contributed by atoms with E-state index in [1.165, 1.54) is 0 Å². The van der Waals surface area contributed by atoms with Crippen molar-refractivity contribution in [3.05, 3.63) is 101 Å². The summed E-state index contributed by atoms with van der Waals surface area (Å²) in [5.74, 6) is 0.761. The van der Waals surface area contributed by atoms with Gasteiger partial charge in [-0.15, -0.1) is 0 Å². The molecule has 1 aliphatic heterocycles. The van der Waals surface area contributed by atoms with E-state index in [1.807, 2.05) is 65.6 Å². The second-order valence-electron chi connectivity index (χ2n) is 8.47. The highest BCUT2D eigenvalue weighted by molar-refractivity contribution is 6.00. The number of aromatic amines is 1. The summed E-state index contributed by atoms with van der Waals surface area (Å²) < 4.78 is 11.2. The Morgan fingerprint density at radius 1 is 1.00 bits per heavy atom. The number of carbonyl (C=O) groups is 1. The number of rotatable bonds is 9. The molecule has 7 heteroatoms. The molecular weight excluding hydrogens is 442 g/mol. The van der Waals surface area contributed by atoms with Gasteiger partial charge >= 0.3 is 0 Å². The van der Waals surface area contributed by atoms with Gasteiger partial charge in [-0.2, -0.15) is 5.10 Å². The summed E-state index contributed by atoms with van der Waals surface area (Å²) in [6.07, 6.45) is 0.709. The average molecular weight is 470 g/mol. The van der Waals surface area contributed by atoms with Crippen LogP contribution in [0, 0.1) is 0 Å². The number of H-pyrrole nitrogens is 1. The monoisotopic (exact) mass is 469 g/mol. The molecule has 0 aliphatic carbocycles. The van der Waals surface area contributed by atoms with Gasteiger partial charge in [0.1, 0.15) is 29.5 Å². The van der Waals surface area contributed by atoms with Crippen LogP contribution < -0.4 is 4.74 Å². The number of fused-ring (bicyclic) bond motifs is 1. The van der Waals surface area contributed by atoms with E-state index in [-0.39, 0.29) is 17.7 Å². The Labute approximate surface area is 203 Å². The van der Waals surface area contributed by atoms with Gasteiger partial charge in [0.25, 0.3) is 5.91 Å². The summed E-state index contributed by atoms with van der Waals surface area (Å²) in [6, 6.07) is 24.5. The van der Waals surface area contributed by atoms with Crippen LogP contribution in [0.5, 0.6) is 11.5 Å². The van der Waals surface area contributed by atoms with E-state index in [1.54, 1.807) is 25.3 Å². The topological polar surface area (TPSA) is 87.7 Å². The molecule has 1 atom stereocenters. The lowest BCUT2D eigenvalue weighted by atomic mass is 9.95. The summed E-state index contributed by atoms with van der Waals surface area (Å²) in [4.78, 5) is 15.2. The molecule has 178 valence electrons. The molecule has 0 bridgehead atoms. The number of amides is 1. The highest BCUT2D eigenvalue weighted by Gasteiger charge is 2.42. The zero-order valence-corrected chi connectivity index (χ0v) is 19.5. The van der Waals surface area contributed by atoms with Crippen LogP contribution in [-0.4, -0.2) is 46.4 Å². The Kier molecular flexibility index (Phi) is 6.50. The van der Waals surface area contributed by atoms with Crippen molar-refractivity contribution >= 4 is 5.91 Å². The third-order valence-electron chi connectivity index (χ3n) is 6.21. The molecule has 1 amide bonds. The van der Waals surface area contributed by atoms with Crippen molar-refractivity contribution in [2.45, 2.75) is 19.1 Å². The number of hydrogen-bond acceptors (Lipinski definition) is 5. The SMILES string of the molecule is COCCCN1C(=O)c2[nH]nc(-c3ccccc3O)c2[C@@H]1c1ccc(OCc2ccccc2)cc1. The molecule has 0 fully saturated rings. The van der Waals surface area contributed by atoms with Gasteiger partial charge in [-0.05, 0) is 41.8 Å². The molecule has 0 spiro atoms. The maximum absolute atomic E-state index is 13.4. The van der Waals surface area contributed by atoms with E-state index in [2.05, 4.69) is 10.2 Å². The lowest BCUT2D eigenvalue weighted by Crippen LogP contribution is -2.31. The lowest BCUT2D eigenvalue weighted by molar-refractivity contribution is 0.0723. The lowest BCUT2D eigenvalue weighted by Gasteiger charge is -2.26. The van der Waals surface area contributed by atoms with Gasteiger partial charge in [-0.1, -0.05) is 54.6 Å². The number of aromatic nitrogens is 2. The van der Waals surface area contributed by atoms with E-state index in [9.17, 15) is 9.90 Å². The number of carbonyl (C=O) groups excluding carboxylic acids is 1. The standard InChI is InChI=1S/C28H27N3O4/c1-34-17-7-16-31-27(20-12-14-21(15-13-20)35-18-19-8-3-2-4-9-19)24-25(29-30-26(24)28(31)33)22-10-5-6-11-23(22)32/h2-6,8-15,27,32H,7,16-18H2,1H3,(H,29,30)/t27-/m0/s1. The molecule has 35 heavy (non-hydrogen) atoms. The van der Waals surface area contributed by atoms with Gasteiger partial charge in [-0.25, -0.2) is 0 Å². The number of phenolic OH excluding ortho intramolecular Hbond substituents is 1. The molecule has 0 radical (unpaired) electrons. The third kappa shape index (κ3) is 4.50.